The monoisotopic (exact) mass is 468 g/mol. The molecule has 0 aliphatic heterocycles. The Hall–Kier alpha value is -2.90. The van der Waals surface area contributed by atoms with Crippen LogP contribution in [0, 0.1) is 0 Å². The Kier molecular flexibility index (Phi) is 9.27. The predicted octanol–water partition coefficient (Wildman–Crippen LogP) is 5.53. The van der Waals surface area contributed by atoms with E-state index >= 15 is 0 Å². The number of hydrogen-bond donors (Lipinski definition) is 0. The molecule has 1 amide bonds. The third-order valence-electron chi connectivity index (χ3n) is 5.22. The molecule has 0 fully saturated rings. The van der Waals surface area contributed by atoms with Gasteiger partial charge in [-0.3, -0.25) is 4.79 Å². The molecule has 0 radical (unpaired) electrons. The molecule has 0 bridgehead atoms. The molecule has 2 aromatic carbocycles. The van der Waals surface area contributed by atoms with E-state index in [1.165, 1.54) is 5.56 Å². The number of methoxy groups -OCH3 is 2. The van der Waals surface area contributed by atoms with Gasteiger partial charge in [-0.05, 0) is 42.2 Å². The van der Waals surface area contributed by atoms with Gasteiger partial charge < -0.3 is 19.1 Å². The van der Waals surface area contributed by atoms with Crippen LogP contribution in [0.15, 0.2) is 53.9 Å². The smallest absolute Gasteiger partial charge is 0.254 e. The molecule has 33 heavy (non-hydrogen) atoms. The fourth-order valence-electron chi connectivity index (χ4n) is 3.50. The van der Waals surface area contributed by atoms with Crippen LogP contribution in [0.1, 0.15) is 52.8 Å². The average Bonchev–Trinajstić information content (AvgIpc) is 3.29. The van der Waals surface area contributed by atoms with Gasteiger partial charge in [-0.1, -0.05) is 38.1 Å². The lowest BCUT2D eigenvalue weighted by molar-refractivity contribution is 0.0721. The second-order valence-corrected chi connectivity index (χ2v) is 8.96. The summed E-state index contributed by atoms with van der Waals surface area (Å²) in [6, 6.07) is 15.3. The number of ether oxygens (including phenoxy) is 3. The van der Waals surface area contributed by atoms with Crippen molar-refractivity contribution >= 4 is 17.2 Å². The van der Waals surface area contributed by atoms with Gasteiger partial charge in [-0.25, -0.2) is 4.98 Å². The van der Waals surface area contributed by atoms with Crippen molar-refractivity contribution in [1.82, 2.24) is 9.88 Å². The number of nitrogens with zero attached hydrogens (tertiary/aromatic N) is 2. The molecule has 0 N–H and O–H groups in total. The summed E-state index contributed by atoms with van der Waals surface area (Å²) >= 11 is 1.55. The van der Waals surface area contributed by atoms with Crippen molar-refractivity contribution in [2.75, 3.05) is 27.4 Å². The van der Waals surface area contributed by atoms with Gasteiger partial charge in [0, 0.05) is 31.2 Å². The highest BCUT2D eigenvalue weighted by molar-refractivity contribution is 7.09. The van der Waals surface area contributed by atoms with Crippen molar-refractivity contribution in [3.05, 3.63) is 75.7 Å². The molecule has 6 nitrogen and oxygen atoms in total. The number of thiazole rings is 1. The maximum absolute atomic E-state index is 13.2. The summed E-state index contributed by atoms with van der Waals surface area (Å²) in [6.45, 7) is 6.31. The minimum atomic E-state index is -0.0540. The van der Waals surface area contributed by atoms with Crippen LogP contribution in [0.2, 0.25) is 0 Å². The molecule has 0 spiro atoms. The van der Waals surface area contributed by atoms with E-state index in [1.54, 1.807) is 37.7 Å². The first-order valence-corrected chi connectivity index (χ1v) is 12.0. The lowest BCUT2D eigenvalue weighted by Gasteiger charge is -2.22. The van der Waals surface area contributed by atoms with Crippen molar-refractivity contribution in [2.24, 2.45) is 0 Å². The first kappa shape index (κ1) is 24.7. The number of aromatic nitrogens is 1. The number of benzene rings is 2. The first-order valence-electron chi connectivity index (χ1n) is 11.1. The van der Waals surface area contributed by atoms with Crippen LogP contribution in [-0.4, -0.2) is 43.2 Å². The Morgan fingerprint density at radius 2 is 1.94 bits per heavy atom. The highest BCUT2D eigenvalue weighted by Crippen LogP contribution is 2.27. The van der Waals surface area contributed by atoms with Crippen LogP contribution in [0.25, 0.3) is 0 Å². The van der Waals surface area contributed by atoms with E-state index in [0.29, 0.717) is 43.5 Å². The molecular weight excluding hydrogens is 436 g/mol. The van der Waals surface area contributed by atoms with Crippen LogP contribution < -0.4 is 9.47 Å². The third-order valence-corrected chi connectivity index (χ3v) is 6.10. The first-order chi connectivity index (χ1) is 16.0. The Balaban J connectivity index is 1.68. The third kappa shape index (κ3) is 7.04. The summed E-state index contributed by atoms with van der Waals surface area (Å²) in [5.74, 6) is 1.88. The summed E-state index contributed by atoms with van der Waals surface area (Å²) < 4.78 is 16.5. The summed E-state index contributed by atoms with van der Waals surface area (Å²) in [5, 5.41) is 2.88. The minimum absolute atomic E-state index is 0.0540. The number of hydrogen-bond acceptors (Lipinski definition) is 6. The zero-order valence-electron chi connectivity index (χ0n) is 19.7. The maximum atomic E-state index is 13.2. The number of carbonyl (C=O) groups is 1. The minimum Gasteiger partial charge on any atom is -0.497 e. The number of rotatable bonds is 12. The molecule has 3 rings (SSSR count). The average molecular weight is 469 g/mol. The molecular formula is C26H32N2O4S. The van der Waals surface area contributed by atoms with E-state index in [1.807, 2.05) is 40.6 Å². The Morgan fingerprint density at radius 1 is 1.12 bits per heavy atom. The molecule has 0 saturated carbocycles. The Bertz CT molecular complexity index is 1030. The van der Waals surface area contributed by atoms with Gasteiger partial charge in [-0.15, -0.1) is 11.3 Å². The maximum Gasteiger partial charge on any atom is 0.254 e. The van der Waals surface area contributed by atoms with E-state index in [2.05, 4.69) is 19.9 Å². The summed E-state index contributed by atoms with van der Waals surface area (Å²) in [4.78, 5) is 19.7. The van der Waals surface area contributed by atoms with Crippen molar-refractivity contribution < 1.29 is 19.0 Å². The molecule has 1 aromatic heterocycles. The van der Waals surface area contributed by atoms with E-state index in [9.17, 15) is 4.79 Å². The normalized spacial score (nSPS) is 10.9. The van der Waals surface area contributed by atoms with E-state index < -0.39 is 0 Å². The Labute approximate surface area is 200 Å². The topological polar surface area (TPSA) is 60.9 Å². The quantitative estimate of drug-likeness (QED) is 0.327. The molecule has 176 valence electrons. The predicted molar refractivity (Wildman–Crippen MR) is 131 cm³/mol. The van der Waals surface area contributed by atoms with Crippen LogP contribution >= 0.6 is 11.3 Å². The summed E-state index contributed by atoms with van der Waals surface area (Å²) in [6.07, 6.45) is 0.748. The lowest BCUT2D eigenvalue weighted by atomic mass is 10.0. The van der Waals surface area contributed by atoms with Crippen LogP contribution in [0.4, 0.5) is 0 Å². The van der Waals surface area contributed by atoms with Crippen molar-refractivity contribution in [3.63, 3.8) is 0 Å². The van der Waals surface area contributed by atoms with Gasteiger partial charge in [-0.2, -0.15) is 0 Å². The molecule has 0 aliphatic rings. The van der Waals surface area contributed by atoms with Crippen molar-refractivity contribution in [1.29, 1.82) is 0 Å². The number of para-hydroxylation sites is 1. The number of carbonyl (C=O) groups excluding carboxylic acids is 1. The lowest BCUT2D eigenvalue weighted by Crippen LogP contribution is -2.32. The van der Waals surface area contributed by atoms with Gasteiger partial charge in [0.25, 0.3) is 5.91 Å². The van der Waals surface area contributed by atoms with Crippen LogP contribution in [-0.2, 0) is 17.9 Å². The molecule has 1 heterocycles. The van der Waals surface area contributed by atoms with Crippen LogP contribution in [0.3, 0.4) is 0 Å². The largest absolute Gasteiger partial charge is 0.497 e. The molecule has 3 aromatic rings. The fourth-order valence-corrected chi connectivity index (χ4v) is 4.20. The molecule has 0 unspecified atom stereocenters. The summed E-state index contributed by atoms with van der Waals surface area (Å²) in [5.41, 5.74) is 2.63. The molecule has 0 aliphatic carbocycles. The van der Waals surface area contributed by atoms with Gasteiger partial charge in [0.2, 0.25) is 0 Å². The fraction of sp³-hybridized carbons (Fsp3) is 0.385. The summed E-state index contributed by atoms with van der Waals surface area (Å²) in [7, 11) is 3.26. The number of amides is 1. The second kappa shape index (κ2) is 12.4. The molecule has 0 saturated heterocycles. The van der Waals surface area contributed by atoms with Gasteiger partial charge in [0.1, 0.15) is 23.1 Å². The standard InChI is InChI=1S/C26H32N2O4S/c1-19(2)23-11-5-6-12-24(23)32-17-25-27-21(18-33-25)16-28(13-8-14-30-3)26(29)20-9-7-10-22(15-20)31-4/h5-7,9-12,15,18-19H,8,13-14,16-17H2,1-4H3. The van der Waals surface area contributed by atoms with E-state index in [0.717, 1.165) is 22.9 Å². The van der Waals surface area contributed by atoms with Gasteiger partial charge in [0.15, 0.2) is 0 Å². The highest BCUT2D eigenvalue weighted by Gasteiger charge is 2.18. The van der Waals surface area contributed by atoms with Crippen molar-refractivity contribution in [3.8, 4) is 11.5 Å². The molecule has 7 heteroatoms. The highest BCUT2D eigenvalue weighted by atomic mass is 32.1. The van der Waals surface area contributed by atoms with E-state index in [4.69, 9.17) is 19.2 Å². The van der Waals surface area contributed by atoms with E-state index in [-0.39, 0.29) is 5.91 Å². The van der Waals surface area contributed by atoms with Crippen molar-refractivity contribution in [2.45, 2.75) is 39.3 Å². The second-order valence-electron chi connectivity index (χ2n) is 8.02. The molecule has 0 atom stereocenters. The zero-order chi connectivity index (χ0) is 23.6. The zero-order valence-corrected chi connectivity index (χ0v) is 20.6. The SMILES string of the molecule is COCCCN(Cc1csc(COc2ccccc2C(C)C)n1)C(=O)c1cccc(OC)c1. The van der Waals surface area contributed by atoms with Gasteiger partial charge >= 0.3 is 0 Å². The van der Waals surface area contributed by atoms with Crippen LogP contribution in [0.5, 0.6) is 11.5 Å². The Morgan fingerprint density at radius 3 is 2.70 bits per heavy atom. The van der Waals surface area contributed by atoms with Gasteiger partial charge in [0.05, 0.1) is 19.3 Å².